The molecule has 0 unspecified atom stereocenters. The third-order valence-electron chi connectivity index (χ3n) is 3.25. The van der Waals surface area contributed by atoms with Crippen LogP contribution in [0, 0.1) is 5.92 Å². The van der Waals surface area contributed by atoms with Crippen LogP contribution in [0.3, 0.4) is 0 Å². The zero-order valence-corrected chi connectivity index (χ0v) is 12.4. The normalized spacial score (nSPS) is 21.3. The van der Waals surface area contributed by atoms with Gasteiger partial charge in [0, 0.05) is 0 Å². The smallest absolute Gasteiger partial charge is 0.243 e. The third-order valence-corrected chi connectivity index (χ3v) is 3.25. The van der Waals surface area contributed by atoms with E-state index in [-0.39, 0.29) is 23.8 Å². The molecule has 0 aliphatic carbocycles. The van der Waals surface area contributed by atoms with Crippen LogP contribution in [0.15, 0.2) is 0 Å². The molecular weight excluding hydrogens is 258 g/mol. The van der Waals surface area contributed by atoms with Gasteiger partial charge in [-0.05, 0) is 38.6 Å². The highest BCUT2D eigenvalue weighted by atomic mass is 16.2. The van der Waals surface area contributed by atoms with Gasteiger partial charge >= 0.3 is 0 Å². The van der Waals surface area contributed by atoms with Crippen molar-refractivity contribution < 1.29 is 14.4 Å². The standard InChI is InChI=1S/C14H24N3O3/c1-9(2)7-12(14(20)16-10(3)8-18)17-13(19)11-5-4-6-15-11/h9-12,15H,4-7H2,1-3H3,(H,16,20)(H,17,19)/t10-,11-,12-/m0/s1. The van der Waals surface area contributed by atoms with Gasteiger partial charge in [-0.3, -0.25) is 14.4 Å². The van der Waals surface area contributed by atoms with Gasteiger partial charge in [-0.2, -0.15) is 0 Å². The van der Waals surface area contributed by atoms with Gasteiger partial charge in [0.25, 0.3) is 0 Å². The summed E-state index contributed by atoms with van der Waals surface area (Å²) < 4.78 is 0. The number of carbonyl (C=O) groups is 2. The molecule has 1 aliphatic heterocycles. The zero-order valence-electron chi connectivity index (χ0n) is 12.4. The topological polar surface area (TPSA) is 87.3 Å². The van der Waals surface area contributed by atoms with Gasteiger partial charge < -0.3 is 16.0 Å². The van der Waals surface area contributed by atoms with Crippen molar-refractivity contribution in [1.29, 1.82) is 0 Å². The fourth-order valence-electron chi connectivity index (χ4n) is 2.23. The Morgan fingerprint density at radius 1 is 1.30 bits per heavy atom. The van der Waals surface area contributed by atoms with Crippen molar-refractivity contribution in [2.45, 2.75) is 58.2 Å². The Bertz CT molecular complexity index is 352. The summed E-state index contributed by atoms with van der Waals surface area (Å²) in [5, 5.41) is 8.41. The molecule has 3 atom stereocenters. The van der Waals surface area contributed by atoms with E-state index in [1.165, 1.54) is 0 Å². The molecule has 1 radical (unpaired) electrons. The van der Waals surface area contributed by atoms with Crippen LogP contribution < -0.4 is 16.0 Å². The molecule has 113 valence electrons. The maximum atomic E-state index is 12.1. The molecule has 2 amide bonds. The Balaban J connectivity index is 2.60. The average molecular weight is 282 g/mol. The molecule has 1 saturated heterocycles. The van der Waals surface area contributed by atoms with Gasteiger partial charge in [0.05, 0.1) is 12.1 Å². The molecule has 1 aliphatic rings. The molecule has 1 fully saturated rings. The fourth-order valence-corrected chi connectivity index (χ4v) is 2.23. The van der Waals surface area contributed by atoms with Crippen molar-refractivity contribution in [3.63, 3.8) is 0 Å². The molecule has 0 saturated carbocycles. The van der Waals surface area contributed by atoms with Crippen molar-refractivity contribution in [2.24, 2.45) is 5.92 Å². The maximum absolute atomic E-state index is 12.1. The van der Waals surface area contributed by atoms with Gasteiger partial charge in [-0.25, -0.2) is 0 Å². The van der Waals surface area contributed by atoms with Crippen LogP contribution in [-0.4, -0.2) is 42.8 Å². The van der Waals surface area contributed by atoms with E-state index in [1.54, 1.807) is 13.2 Å². The van der Waals surface area contributed by atoms with Crippen molar-refractivity contribution in [1.82, 2.24) is 16.0 Å². The predicted octanol–water partition coefficient (Wildman–Crippen LogP) is -0.116. The van der Waals surface area contributed by atoms with Crippen molar-refractivity contribution >= 4 is 18.1 Å². The second-order valence-electron chi connectivity index (χ2n) is 5.69. The van der Waals surface area contributed by atoms with Crippen LogP contribution in [0.1, 0.15) is 40.0 Å². The van der Waals surface area contributed by atoms with Gasteiger partial charge in [0.2, 0.25) is 18.1 Å². The largest absolute Gasteiger partial charge is 0.344 e. The lowest BCUT2D eigenvalue weighted by molar-refractivity contribution is -0.130. The number of hydrogen-bond donors (Lipinski definition) is 3. The van der Waals surface area contributed by atoms with E-state index < -0.39 is 12.1 Å². The van der Waals surface area contributed by atoms with E-state index in [0.717, 1.165) is 19.4 Å². The lowest BCUT2D eigenvalue weighted by Crippen LogP contribution is -2.53. The van der Waals surface area contributed by atoms with Crippen LogP contribution in [0.25, 0.3) is 0 Å². The Labute approximate surface area is 120 Å². The molecular formula is C14H24N3O3. The minimum Gasteiger partial charge on any atom is -0.344 e. The molecule has 1 heterocycles. The fraction of sp³-hybridized carbons (Fsp3) is 0.786. The minimum absolute atomic E-state index is 0.147. The second-order valence-corrected chi connectivity index (χ2v) is 5.69. The van der Waals surface area contributed by atoms with Crippen LogP contribution in [0.2, 0.25) is 0 Å². The zero-order chi connectivity index (χ0) is 15.1. The first-order valence-corrected chi connectivity index (χ1v) is 7.15. The average Bonchev–Trinajstić information content (AvgIpc) is 2.90. The van der Waals surface area contributed by atoms with Crippen LogP contribution in [0.4, 0.5) is 0 Å². The quantitative estimate of drug-likeness (QED) is 0.608. The first-order valence-electron chi connectivity index (χ1n) is 7.15. The highest BCUT2D eigenvalue weighted by molar-refractivity contribution is 5.90. The molecule has 0 aromatic rings. The Kier molecular flexibility index (Phi) is 6.64. The van der Waals surface area contributed by atoms with E-state index in [2.05, 4.69) is 16.0 Å². The van der Waals surface area contributed by atoms with Crippen LogP contribution in [0.5, 0.6) is 0 Å². The van der Waals surface area contributed by atoms with Gasteiger partial charge in [0.15, 0.2) is 0 Å². The Morgan fingerprint density at radius 3 is 2.50 bits per heavy atom. The van der Waals surface area contributed by atoms with E-state index in [1.807, 2.05) is 13.8 Å². The summed E-state index contributed by atoms with van der Waals surface area (Å²) >= 11 is 0. The van der Waals surface area contributed by atoms with E-state index in [4.69, 9.17) is 0 Å². The molecule has 1 rings (SSSR count). The molecule has 0 aromatic carbocycles. The van der Waals surface area contributed by atoms with E-state index in [0.29, 0.717) is 6.42 Å². The maximum Gasteiger partial charge on any atom is 0.243 e. The van der Waals surface area contributed by atoms with Crippen LogP contribution in [-0.2, 0) is 14.4 Å². The van der Waals surface area contributed by atoms with Crippen molar-refractivity contribution in [3.05, 3.63) is 0 Å². The molecule has 20 heavy (non-hydrogen) atoms. The van der Waals surface area contributed by atoms with Crippen molar-refractivity contribution in [3.8, 4) is 0 Å². The Hall–Kier alpha value is -1.43. The Morgan fingerprint density at radius 2 is 2.00 bits per heavy atom. The summed E-state index contributed by atoms with van der Waals surface area (Å²) in [5.74, 6) is -0.218. The number of nitrogens with one attached hydrogen (secondary N) is 3. The monoisotopic (exact) mass is 282 g/mol. The summed E-state index contributed by atoms with van der Waals surface area (Å²) in [6.07, 6.45) is 4.00. The number of rotatable bonds is 7. The summed E-state index contributed by atoms with van der Waals surface area (Å²) in [4.78, 5) is 34.6. The van der Waals surface area contributed by atoms with Crippen molar-refractivity contribution in [2.75, 3.05) is 6.54 Å². The highest BCUT2D eigenvalue weighted by Gasteiger charge is 2.28. The molecule has 6 nitrogen and oxygen atoms in total. The summed E-state index contributed by atoms with van der Waals surface area (Å²) in [7, 11) is 0. The second kappa shape index (κ2) is 7.99. The molecule has 0 spiro atoms. The van der Waals surface area contributed by atoms with Crippen LogP contribution >= 0.6 is 0 Å². The highest BCUT2D eigenvalue weighted by Crippen LogP contribution is 2.09. The summed E-state index contributed by atoms with van der Waals surface area (Å²) in [5.41, 5.74) is 0. The SMILES string of the molecule is CC(C)C[C@H](NC(=O)[C@@H]1CCCN1)C(=O)N[C@@H](C)[C]=O. The van der Waals surface area contributed by atoms with E-state index >= 15 is 0 Å². The molecule has 6 heteroatoms. The molecule has 0 aromatic heterocycles. The van der Waals surface area contributed by atoms with Gasteiger partial charge in [-0.1, -0.05) is 13.8 Å². The number of amides is 2. The lowest BCUT2D eigenvalue weighted by atomic mass is 10.0. The first-order chi connectivity index (χ1) is 9.43. The predicted molar refractivity (Wildman–Crippen MR) is 75.7 cm³/mol. The first kappa shape index (κ1) is 16.6. The minimum atomic E-state index is -0.668. The number of hydrogen-bond acceptors (Lipinski definition) is 4. The van der Waals surface area contributed by atoms with E-state index in [9.17, 15) is 14.4 Å². The summed E-state index contributed by atoms with van der Waals surface area (Å²) in [6, 6.07) is -1.49. The molecule has 0 bridgehead atoms. The van der Waals surface area contributed by atoms with Gasteiger partial charge in [0.1, 0.15) is 6.04 Å². The summed E-state index contributed by atoms with van der Waals surface area (Å²) in [6.45, 7) is 6.35. The van der Waals surface area contributed by atoms with Gasteiger partial charge in [-0.15, -0.1) is 0 Å². The third kappa shape index (κ3) is 5.28. The molecule has 3 N–H and O–H groups in total. The number of carbonyl (C=O) groups excluding carboxylic acids is 3. The lowest BCUT2D eigenvalue weighted by Gasteiger charge is -2.22.